The number of hydrogen-bond donors (Lipinski definition) is 1. The third-order valence-corrected chi connectivity index (χ3v) is 5.89. The molecule has 7 nitrogen and oxygen atoms in total. The number of benzene rings is 1. The second-order valence-electron chi connectivity index (χ2n) is 7.70. The summed E-state index contributed by atoms with van der Waals surface area (Å²) in [5, 5.41) is 2.67. The molecule has 0 spiro atoms. The van der Waals surface area contributed by atoms with Crippen LogP contribution in [0.5, 0.6) is 0 Å². The van der Waals surface area contributed by atoms with E-state index >= 15 is 0 Å². The Kier molecular flexibility index (Phi) is 5.44. The van der Waals surface area contributed by atoms with E-state index in [0.29, 0.717) is 21.8 Å². The lowest BCUT2D eigenvalue weighted by Gasteiger charge is -2.27. The van der Waals surface area contributed by atoms with Gasteiger partial charge >= 0.3 is 6.03 Å². The van der Waals surface area contributed by atoms with Gasteiger partial charge in [0.05, 0.1) is 5.69 Å². The highest BCUT2D eigenvalue weighted by Crippen LogP contribution is 2.30. The lowest BCUT2D eigenvalue weighted by Crippen LogP contribution is -2.54. The number of aromatic nitrogens is 2. The van der Waals surface area contributed by atoms with Gasteiger partial charge in [-0.1, -0.05) is 17.7 Å². The maximum atomic E-state index is 13.2. The summed E-state index contributed by atoms with van der Waals surface area (Å²) in [6.45, 7) is 7.50. The molecule has 4 amide bonds. The van der Waals surface area contributed by atoms with Crippen LogP contribution in [0, 0.1) is 27.7 Å². The molecule has 1 fully saturated rings. The number of imide groups is 2. The third-order valence-electron chi connectivity index (χ3n) is 5.48. The van der Waals surface area contributed by atoms with Crippen LogP contribution < -0.4 is 10.2 Å². The van der Waals surface area contributed by atoms with Crippen molar-refractivity contribution >= 4 is 41.2 Å². The molecule has 0 radical (unpaired) electrons. The van der Waals surface area contributed by atoms with E-state index in [0.717, 1.165) is 27.7 Å². The van der Waals surface area contributed by atoms with E-state index in [-0.39, 0.29) is 5.57 Å². The maximum Gasteiger partial charge on any atom is 0.335 e. The number of urea groups is 1. The van der Waals surface area contributed by atoms with Gasteiger partial charge in [-0.3, -0.25) is 14.9 Å². The molecule has 3 aromatic rings. The second kappa shape index (κ2) is 8.09. The monoisotopic (exact) mass is 448 g/mol. The highest BCUT2D eigenvalue weighted by Gasteiger charge is 2.37. The zero-order chi connectivity index (χ0) is 23.2. The van der Waals surface area contributed by atoms with Crippen LogP contribution in [0.15, 0.2) is 48.2 Å². The Labute approximate surface area is 190 Å². The van der Waals surface area contributed by atoms with E-state index in [2.05, 4.69) is 10.3 Å². The van der Waals surface area contributed by atoms with Crippen LogP contribution in [0.1, 0.15) is 28.1 Å². The quantitative estimate of drug-likeness (QED) is 0.474. The molecule has 0 saturated carbocycles. The molecule has 3 heterocycles. The normalized spacial score (nSPS) is 15.5. The molecule has 2 aromatic heterocycles. The van der Waals surface area contributed by atoms with E-state index in [9.17, 15) is 14.4 Å². The number of hydrogen-bond acceptors (Lipinski definition) is 4. The minimum atomic E-state index is -0.808. The number of barbiturate groups is 1. The highest BCUT2D eigenvalue weighted by atomic mass is 35.5. The van der Waals surface area contributed by atoms with Crippen LogP contribution in [0.4, 0.5) is 10.5 Å². The van der Waals surface area contributed by atoms with Crippen molar-refractivity contribution in [2.24, 2.45) is 0 Å². The van der Waals surface area contributed by atoms with Crippen LogP contribution in [0.25, 0.3) is 11.9 Å². The first kappa shape index (κ1) is 21.5. The molecule has 0 atom stereocenters. The van der Waals surface area contributed by atoms with E-state index < -0.39 is 17.8 Å². The van der Waals surface area contributed by atoms with Crippen LogP contribution in [-0.2, 0) is 9.59 Å². The molecule has 1 saturated heterocycles. The molecule has 1 aliphatic rings. The minimum absolute atomic E-state index is 0.138. The lowest BCUT2D eigenvalue weighted by molar-refractivity contribution is -0.122. The fourth-order valence-electron chi connectivity index (χ4n) is 3.80. The number of halogens is 1. The molecule has 162 valence electrons. The average Bonchev–Trinajstić information content (AvgIpc) is 3.01. The van der Waals surface area contributed by atoms with Gasteiger partial charge in [0.25, 0.3) is 11.8 Å². The number of nitrogens with one attached hydrogen (secondary N) is 1. The molecule has 0 aliphatic carbocycles. The molecule has 1 N–H and O–H groups in total. The number of amides is 4. The fourth-order valence-corrected chi connectivity index (χ4v) is 3.97. The Morgan fingerprint density at radius 2 is 1.78 bits per heavy atom. The summed E-state index contributed by atoms with van der Waals surface area (Å²) in [6.07, 6.45) is 3.24. The summed E-state index contributed by atoms with van der Waals surface area (Å²) in [6, 6.07) is 9.86. The number of nitrogens with zero attached hydrogens (tertiary/aromatic N) is 3. The van der Waals surface area contributed by atoms with Crippen LogP contribution in [0.2, 0.25) is 5.02 Å². The number of carbonyl (C=O) groups excluding carboxylic acids is 3. The summed E-state index contributed by atoms with van der Waals surface area (Å²) in [7, 11) is 0. The number of carbonyl (C=O) groups is 3. The topological polar surface area (TPSA) is 84.3 Å². The summed E-state index contributed by atoms with van der Waals surface area (Å²) in [5.74, 6) is -0.701. The van der Waals surface area contributed by atoms with Gasteiger partial charge < -0.3 is 4.57 Å². The van der Waals surface area contributed by atoms with E-state index in [4.69, 9.17) is 11.6 Å². The molecular weight excluding hydrogens is 428 g/mol. The van der Waals surface area contributed by atoms with E-state index in [1.165, 1.54) is 6.08 Å². The Balaban J connectivity index is 1.79. The Hall–Kier alpha value is -3.71. The minimum Gasteiger partial charge on any atom is -0.303 e. The standard InChI is InChI=1S/C24H21ClN4O3/c1-13-8-9-26-21(10-13)28-14(2)11-17(16(28)4)12-18-22(30)27-24(32)29(23(18)31)20-7-5-6-19(25)15(20)3/h5-12H,1-4H3,(H,27,30,32)/b18-12+. The zero-order valence-corrected chi connectivity index (χ0v) is 18.8. The van der Waals surface area contributed by atoms with Gasteiger partial charge in [0.1, 0.15) is 11.4 Å². The van der Waals surface area contributed by atoms with Crippen molar-refractivity contribution in [2.75, 3.05) is 4.90 Å². The maximum absolute atomic E-state index is 13.2. The van der Waals surface area contributed by atoms with Gasteiger partial charge in [-0.15, -0.1) is 0 Å². The van der Waals surface area contributed by atoms with Crippen LogP contribution in [-0.4, -0.2) is 27.4 Å². The van der Waals surface area contributed by atoms with Gasteiger partial charge in [0, 0.05) is 22.6 Å². The highest BCUT2D eigenvalue weighted by molar-refractivity contribution is 6.40. The molecule has 32 heavy (non-hydrogen) atoms. The fraction of sp³-hybridized carbons (Fsp3) is 0.167. The number of anilines is 1. The molecule has 8 heteroatoms. The first-order chi connectivity index (χ1) is 15.2. The van der Waals surface area contributed by atoms with Gasteiger partial charge in [-0.2, -0.15) is 0 Å². The largest absolute Gasteiger partial charge is 0.335 e. The lowest BCUT2D eigenvalue weighted by atomic mass is 10.1. The summed E-state index contributed by atoms with van der Waals surface area (Å²) < 4.78 is 1.95. The first-order valence-electron chi connectivity index (χ1n) is 9.97. The van der Waals surface area contributed by atoms with Crippen molar-refractivity contribution in [3.63, 3.8) is 0 Å². The predicted molar refractivity (Wildman–Crippen MR) is 123 cm³/mol. The van der Waals surface area contributed by atoms with Gasteiger partial charge in [0.2, 0.25) is 0 Å². The average molecular weight is 449 g/mol. The number of rotatable bonds is 3. The van der Waals surface area contributed by atoms with E-state index in [1.807, 2.05) is 43.5 Å². The first-order valence-corrected chi connectivity index (χ1v) is 10.4. The smallest absolute Gasteiger partial charge is 0.303 e. The van der Waals surface area contributed by atoms with Crippen molar-refractivity contribution in [1.29, 1.82) is 0 Å². The van der Waals surface area contributed by atoms with Crippen molar-refractivity contribution in [3.05, 3.63) is 81.3 Å². The van der Waals surface area contributed by atoms with E-state index in [1.54, 1.807) is 31.3 Å². The summed E-state index contributed by atoms with van der Waals surface area (Å²) >= 11 is 6.17. The predicted octanol–water partition coefficient (Wildman–Crippen LogP) is 4.43. The van der Waals surface area contributed by atoms with Crippen molar-refractivity contribution in [3.8, 4) is 5.82 Å². The van der Waals surface area contributed by atoms with Gasteiger partial charge in [-0.05, 0) is 80.8 Å². The van der Waals surface area contributed by atoms with Crippen molar-refractivity contribution in [1.82, 2.24) is 14.9 Å². The Bertz CT molecular complexity index is 1320. The third kappa shape index (κ3) is 3.61. The Morgan fingerprint density at radius 3 is 2.50 bits per heavy atom. The molecular formula is C24H21ClN4O3. The zero-order valence-electron chi connectivity index (χ0n) is 18.1. The summed E-state index contributed by atoms with van der Waals surface area (Å²) in [4.78, 5) is 43.7. The van der Waals surface area contributed by atoms with Crippen molar-refractivity contribution in [2.45, 2.75) is 27.7 Å². The SMILES string of the molecule is Cc1ccnc(-n2c(C)cc(/C=C3\C(=O)NC(=O)N(c4cccc(Cl)c4C)C3=O)c2C)c1. The molecule has 0 unspecified atom stereocenters. The molecule has 1 aromatic carbocycles. The van der Waals surface area contributed by atoms with Crippen molar-refractivity contribution < 1.29 is 14.4 Å². The Morgan fingerprint density at radius 1 is 1.03 bits per heavy atom. The van der Waals surface area contributed by atoms with Gasteiger partial charge in [-0.25, -0.2) is 14.7 Å². The second-order valence-corrected chi connectivity index (χ2v) is 8.10. The van der Waals surface area contributed by atoms with Gasteiger partial charge in [0.15, 0.2) is 0 Å². The molecule has 1 aliphatic heterocycles. The van der Waals surface area contributed by atoms with Crippen LogP contribution in [0.3, 0.4) is 0 Å². The summed E-state index contributed by atoms with van der Waals surface area (Å²) in [5.41, 5.74) is 4.21. The number of aryl methyl sites for hydroxylation is 2. The number of pyridine rings is 1. The molecule has 4 rings (SSSR count). The van der Waals surface area contributed by atoms with Crippen LogP contribution >= 0.6 is 11.6 Å². The molecule has 0 bridgehead atoms.